The van der Waals surface area contributed by atoms with Crippen molar-refractivity contribution in [2.24, 2.45) is 11.8 Å². The highest BCUT2D eigenvalue weighted by Gasteiger charge is 2.41. The van der Waals surface area contributed by atoms with E-state index in [0.717, 1.165) is 49.2 Å². The van der Waals surface area contributed by atoms with Crippen LogP contribution in [0.1, 0.15) is 11.3 Å². The smallest absolute Gasteiger partial charge is 0.153 e. The van der Waals surface area contributed by atoms with Crippen LogP contribution in [0.2, 0.25) is 0 Å². The summed E-state index contributed by atoms with van der Waals surface area (Å²) in [4.78, 5) is 17.9. The largest absolute Gasteiger partial charge is 0.356 e. The van der Waals surface area contributed by atoms with Crippen molar-refractivity contribution in [1.82, 2.24) is 24.6 Å². The third-order valence-corrected chi connectivity index (χ3v) is 5.66. The van der Waals surface area contributed by atoms with E-state index in [1.54, 1.807) is 12.5 Å². The Kier molecular flexibility index (Phi) is 3.16. The van der Waals surface area contributed by atoms with Gasteiger partial charge in [-0.3, -0.25) is 0 Å². The van der Waals surface area contributed by atoms with Crippen LogP contribution >= 0.6 is 0 Å². The summed E-state index contributed by atoms with van der Waals surface area (Å²) in [5, 5.41) is 4.69. The number of rotatable bonds is 2. The second-order valence-corrected chi connectivity index (χ2v) is 7.16. The summed E-state index contributed by atoms with van der Waals surface area (Å²) in [5.41, 5.74) is 3.16. The van der Waals surface area contributed by atoms with E-state index in [-0.39, 0.29) is 0 Å². The number of nitrogens with zero attached hydrogens (tertiary/aromatic N) is 7. The molecule has 7 nitrogen and oxygen atoms in total. The average molecular weight is 335 g/mol. The molecule has 5 heterocycles. The van der Waals surface area contributed by atoms with Gasteiger partial charge in [0.25, 0.3) is 0 Å². The Morgan fingerprint density at radius 3 is 2.48 bits per heavy atom. The molecule has 2 unspecified atom stereocenters. The Balaban J connectivity index is 1.34. The van der Waals surface area contributed by atoms with Crippen molar-refractivity contribution in [3.8, 4) is 0 Å². The minimum Gasteiger partial charge on any atom is -0.356 e. The number of fused-ring (bicyclic) bond motifs is 2. The van der Waals surface area contributed by atoms with Gasteiger partial charge >= 0.3 is 0 Å². The lowest BCUT2D eigenvalue weighted by Crippen LogP contribution is -2.30. The first-order chi connectivity index (χ1) is 12.2. The maximum atomic E-state index is 4.69. The molecule has 2 fully saturated rings. The van der Waals surface area contributed by atoms with E-state index in [1.165, 1.54) is 5.56 Å². The first-order valence-electron chi connectivity index (χ1n) is 8.77. The summed E-state index contributed by atoms with van der Waals surface area (Å²) < 4.78 is 1.85. The Morgan fingerprint density at radius 2 is 1.68 bits per heavy atom. The zero-order valence-corrected chi connectivity index (χ0v) is 14.5. The molecule has 2 aliphatic rings. The molecule has 2 atom stereocenters. The molecular weight excluding hydrogens is 314 g/mol. The number of hydrogen-bond acceptors (Lipinski definition) is 6. The molecular formula is C18H21N7. The van der Waals surface area contributed by atoms with E-state index >= 15 is 0 Å². The van der Waals surface area contributed by atoms with Crippen molar-refractivity contribution in [3.05, 3.63) is 42.1 Å². The first-order valence-corrected chi connectivity index (χ1v) is 8.77. The topological polar surface area (TPSA) is 62.5 Å². The summed E-state index contributed by atoms with van der Waals surface area (Å²) in [7, 11) is 0. The summed E-state index contributed by atoms with van der Waals surface area (Å²) in [6.45, 7) is 8.40. The standard InChI is InChI=1S/C18H21N7/c1-12-13(2)20-11-21-18(12)24-9-14-7-23(8-15(14)10-24)17-4-3-16-19-5-6-25(16)22-17/h3-6,11,14-15H,7-10H2,1-2H3. The molecule has 3 aromatic rings. The third-order valence-electron chi connectivity index (χ3n) is 5.66. The fourth-order valence-corrected chi connectivity index (χ4v) is 4.17. The Hall–Kier alpha value is -2.70. The van der Waals surface area contributed by atoms with E-state index in [9.17, 15) is 0 Å². The zero-order chi connectivity index (χ0) is 17.0. The minimum absolute atomic E-state index is 0.662. The lowest BCUT2D eigenvalue weighted by Gasteiger charge is -2.24. The molecule has 0 saturated carbocycles. The monoisotopic (exact) mass is 335 g/mol. The summed E-state index contributed by atoms with van der Waals surface area (Å²) in [6, 6.07) is 4.12. The molecule has 7 heteroatoms. The number of aryl methyl sites for hydroxylation is 1. The van der Waals surface area contributed by atoms with Gasteiger partial charge in [-0.25, -0.2) is 19.5 Å². The van der Waals surface area contributed by atoms with Gasteiger partial charge in [0.1, 0.15) is 18.0 Å². The molecule has 128 valence electrons. The van der Waals surface area contributed by atoms with Crippen LogP contribution in [-0.4, -0.2) is 50.7 Å². The van der Waals surface area contributed by atoms with E-state index in [4.69, 9.17) is 5.10 Å². The van der Waals surface area contributed by atoms with Gasteiger partial charge in [0.15, 0.2) is 5.65 Å². The molecule has 0 aliphatic carbocycles. The Labute approximate surface area is 146 Å². The summed E-state index contributed by atoms with van der Waals surface area (Å²) in [6.07, 6.45) is 5.37. The lowest BCUT2D eigenvalue weighted by atomic mass is 10.0. The van der Waals surface area contributed by atoms with Crippen LogP contribution in [0.15, 0.2) is 30.9 Å². The van der Waals surface area contributed by atoms with Crippen molar-refractivity contribution in [3.63, 3.8) is 0 Å². The number of aromatic nitrogens is 5. The minimum atomic E-state index is 0.662. The van der Waals surface area contributed by atoms with Gasteiger partial charge in [-0.05, 0) is 26.0 Å². The third kappa shape index (κ3) is 2.33. The molecule has 0 aromatic carbocycles. The van der Waals surface area contributed by atoms with Crippen LogP contribution in [0, 0.1) is 25.7 Å². The van der Waals surface area contributed by atoms with Crippen molar-refractivity contribution in [1.29, 1.82) is 0 Å². The van der Waals surface area contributed by atoms with Crippen molar-refractivity contribution < 1.29 is 0 Å². The molecule has 3 aromatic heterocycles. The molecule has 5 rings (SSSR count). The fraction of sp³-hybridized carbons (Fsp3) is 0.444. The summed E-state index contributed by atoms with van der Waals surface area (Å²) in [5.74, 6) is 3.47. The highest BCUT2D eigenvalue weighted by molar-refractivity contribution is 5.51. The average Bonchev–Trinajstić information content (AvgIpc) is 3.30. The molecule has 25 heavy (non-hydrogen) atoms. The van der Waals surface area contributed by atoms with E-state index < -0.39 is 0 Å². The van der Waals surface area contributed by atoms with E-state index in [1.807, 2.05) is 16.8 Å². The highest BCUT2D eigenvalue weighted by atomic mass is 15.3. The number of imidazole rings is 1. The molecule has 0 bridgehead atoms. The number of anilines is 2. The zero-order valence-electron chi connectivity index (χ0n) is 14.5. The lowest BCUT2D eigenvalue weighted by molar-refractivity contribution is 0.533. The fourth-order valence-electron chi connectivity index (χ4n) is 4.17. The van der Waals surface area contributed by atoms with Gasteiger partial charge in [0, 0.05) is 61.7 Å². The Bertz CT molecular complexity index is 920. The van der Waals surface area contributed by atoms with E-state index in [2.05, 4.69) is 44.7 Å². The normalized spacial score (nSPS) is 22.8. The van der Waals surface area contributed by atoms with Crippen LogP contribution in [0.5, 0.6) is 0 Å². The maximum absolute atomic E-state index is 4.69. The van der Waals surface area contributed by atoms with Gasteiger partial charge in [-0.15, -0.1) is 5.10 Å². The molecule has 0 spiro atoms. The quantitative estimate of drug-likeness (QED) is 0.710. The Morgan fingerprint density at radius 1 is 0.920 bits per heavy atom. The summed E-state index contributed by atoms with van der Waals surface area (Å²) >= 11 is 0. The molecule has 2 aliphatic heterocycles. The van der Waals surface area contributed by atoms with Crippen LogP contribution in [0.25, 0.3) is 5.65 Å². The van der Waals surface area contributed by atoms with Gasteiger partial charge in [-0.2, -0.15) is 0 Å². The van der Waals surface area contributed by atoms with Gasteiger partial charge < -0.3 is 9.80 Å². The van der Waals surface area contributed by atoms with Gasteiger partial charge in [-0.1, -0.05) is 0 Å². The van der Waals surface area contributed by atoms with Crippen molar-refractivity contribution >= 4 is 17.3 Å². The van der Waals surface area contributed by atoms with Gasteiger partial charge in [0.05, 0.1) is 0 Å². The highest BCUT2D eigenvalue weighted by Crippen LogP contribution is 2.36. The first kappa shape index (κ1) is 14.6. The van der Waals surface area contributed by atoms with Crippen LogP contribution in [-0.2, 0) is 0 Å². The van der Waals surface area contributed by atoms with Crippen molar-refractivity contribution in [2.75, 3.05) is 36.0 Å². The second kappa shape index (κ2) is 5.40. The van der Waals surface area contributed by atoms with Crippen molar-refractivity contribution in [2.45, 2.75) is 13.8 Å². The predicted molar refractivity (Wildman–Crippen MR) is 95.9 cm³/mol. The SMILES string of the molecule is Cc1ncnc(N2CC3CN(c4ccc5nccn5n4)CC3C2)c1C. The van der Waals surface area contributed by atoms with Crippen LogP contribution in [0.4, 0.5) is 11.6 Å². The maximum Gasteiger partial charge on any atom is 0.153 e. The molecule has 0 radical (unpaired) electrons. The molecule has 0 amide bonds. The second-order valence-electron chi connectivity index (χ2n) is 7.16. The van der Waals surface area contributed by atoms with Crippen LogP contribution < -0.4 is 9.80 Å². The molecule has 2 saturated heterocycles. The molecule has 0 N–H and O–H groups in total. The predicted octanol–water partition coefficient (Wildman–Crippen LogP) is 1.71. The van der Waals surface area contributed by atoms with Gasteiger partial charge in [0.2, 0.25) is 0 Å². The number of hydrogen-bond donors (Lipinski definition) is 0. The van der Waals surface area contributed by atoms with Crippen LogP contribution in [0.3, 0.4) is 0 Å². The van der Waals surface area contributed by atoms with E-state index in [0.29, 0.717) is 11.8 Å².